The number of nitrogens with two attached hydrogens (primary N) is 1. The predicted octanol–water partition coefficient (Wildman–Crippen LogP) is 2.60. The second-order valence-electron chi connectivity index (χ2n) is 4.76. The van der Waals surface area contributed by atoms with Gasteiger partial charge < -0.3 is 5.73 Å². The van der Waals surface area contributed by atoms with Crippen LogP contribution in [-0.2, 0) is 5.41 Å². The number of benzene rings is 1. The summed E-state index contributed by atoms with van der Waals surface area (Å²) in [6.45, 7) is 7.39. The van der Waals surface area contributed by atoms with E-state index in [1.165, 1.54) is 35.1 Å². The molecule has 1 heteroatoms. The molecule has 2 N–H and O–H groups in total. The van der Waals surface area contributed by atoms with Crippen molar-refractivity contribution in [3.63, 3.8) is 0 Å². The van der Waals surface area contributed by atoms with E-state index in [2.05, 4.69) is 32.9 Å². The molecule has 2 rings (SSSR count). The average Bonchev–Trinajstić information content (AvgIpc) is 2.83. The summed E-state index contributed by atoms with van der Waals surface area (Å²) in [5.74, 6) is 0. The molecular formula is C13H19N. The molecule has 0 aromatic heterocycles. The van der Waals surface area contributed by atoms with Crippen molar-refractivity contribution in [2.45, 2.75) is 39.0 Å². The Labute approximate surface area is 86.3 Å². The Balaban J connectivity index is 2.53. The molecule has 0 atom stereocenters. The van der Waals surface area contributed by atoms with Crippen molar-refractivity contribution in [2.75, 3.05) is 6.54 Å². The van der Waals surface area contributed by atoms with Crippen LogP contribution in [0.15, 0.2) is 12.1 Å². The van der Waals surface area contributed by atoms with Gasteiger partial charge in [-0.05, 0) is 50.3 Å². The van der Waals surface area contributed by atoms with Crippen LogP contribution in [0.25, 0.3) is 0 Å². The summed E-state index contributed by atoms with van der Waals surface area (Å²) in [6, 6.07) is 4.55. The van der Waals surface area contributed by atoms with Gasteiger partial charge >= 0.3 is 0 Å². The summed E-state index contributed by atoms with van der Waals surface area (Å²) in [7, 11) is 0. The third-order valence-electron chi connectivity index (χ3n) is 3.45. The van der Waals surface area contributed by atoms with E-state index < -0.39 is 0 Å². The molecule has 1 fully saturated rings. The Hall–Kier alpha value is -0.820. The summed E-state index contributed by atoms with van der Waals surface area (Å²) < 4.78 is 0. The van der Waals surface area contributed by atoms with Crippen molar-refractivity contribution in [1.82, 2.24) is 0 Å². The first kappa shape index (κ1) is 9.72. The molecule has 0 aliphatic heterocycles. The van der Waals surface area contributed by atoms with Crippen molar-refractivity contribution in [2.24, 2.45) is 5.73 Å². The molecule has 1 saturated carbocycles. The van der Waals surface area contributed by atoms with Crippen LogP contribution in [0, 0.1) is 20.8 Å². The molecule has 0 unspecified atom stereocenters. The molecule has 1 aromatic rings. The van der Waals surface area contributed by atoms with Gasteiger partial charge in [-0.3, -0.25) is 0 Å². The van der Waals surface area contributed by atoms with E-state index in [1.807, 2.05) is 0 Å². The van der Waals surface area contributed by atoms with Gasteiger partial charge in [0.15, 0.2) is 0 Å². The fraction of sp³-hybridized carbons (Fsp3) is 0.538. The zero-order valence-corrected chi connectivity index (χ0v) is 9.35. The molecule has 0 saturated heterocycles. The average molecular weight is 189 g/mol. The fourth-order valence-corrected chi connectivity index (χ4v) is 2.72. The van der Waals surface area contributed by atoms with Gasteiger partial charge in [-0.2, -0.15) is 0 Å². The molecule has 76 valence electrons. The van der Waals surface area contributed by atoms with Crippen LogP contribution in [0.4, 0.5) is 0 Å². The topological polar surface area (TPSA) is 26.0 Å². The lowest BCUT2D eigenvalue weighted by Crippen LogP contribution is -2.22. The standard InChI is InChI=1S/C13H19N/c1-9-6-10(2)12(11(3)7-9)13(8-14)4-5-13/h6-7H,4-5,8,14H2,1-3H3. The second-order valence-corrected chi connectivity index (χ2v) is 4.76. The number of hydrogen-bond acceptors (Lipinski definition) is 1. The lowest BCUT2D eigenvalue weighted by Gasteiger charge is -2.19. The summed E-state index contributed by atoms with van der Waals surface area (Å²) in [5.41, 5.74) is 11.9. The van der Waals surface area contributed by atoms with Crippen LogP contribution in [0.1, 0.15) is 35.1 Å². The van der Waals surface area contributed by atoms with Crippen molar-refractivity contribution < 1.29 is 0 Å². The molecule has 1 aliphatic carbocycles. The SMILES string of the molecule is Cc1cc(C)c(C2(CN)CC2)c(C)c1. The van der Waals surface area contributed by atoms with Crippen molar-refractivity contribution in [1.29, 1.82) is 0 Å². The van der Waals surface area contributed by atoms with Gasteiger partial charge in [0.2, 0.25) is 0 Å². The van der Waals surface area contributed by atoms with Gasteiger partial charge in [-0.1, -0.05) is 17.7 Å². The Morgan fingerprint density at radius 2 is 1.64 bits per heavy atom. The van der Waals surface area contributed by atoms with E-state index in [0.717, 1.165) is 6.54 Å². The zero-order chi connectivity index (χ0) is 10.3. The van der Waals surface area contributed by atoms with E-state index in [-0.39, 0.29) is 0 Å². The molecule has 0 radical (unpaired) electrons. The molecule has 14 heavy (non-hydrogen) atoms. The normalized spacial score (nSPS) is 18.3. The summed E-state index contributed by atoms with van der Waals surface area (Å²) >= 11 is 0. The van der Waals surface area contributed by atoms with Crippen LogP contribution < -0.4 is 5.73 Å². The van der Waals surface area contributed by atoms with E-state index in [9.17, 15) is 0 Å². The molecule has 1 aliphatic rings. The van der Waals surface area contributed by atoms with Crippen molar-refractivity contribution in [3.05, 3.63) is 34.4 Å². The van der Waals surface area contributed by atoms with Gasteiger partial charge in [0, 0.05) is 12.0 Å². The van der Waals surface area contributed by atoms with E-state index in [0.29, 0.717) is 5.41 Å². The Kier molecular flexibility index (Phi) is 2.15. The zero-order valence-electron chi connectivity index (χ0n) is 9.35. The summed E-state index contributed by atoms with van der Waals surface area (Å²) in [5, 5.41) is 0. The largest absolute Gasteiger partial charge is 0.330 e. The predicted molar refractivity (Wildman–Crippen MR) is 60.6 cm³/mol. The van der Waals surface area contributed by atoms with E-state index in [4.69, 9.17) is 5.73 Å². The number of hydrogen-bond donors (Lipinski definition) is 1. The van der Waals surface area contributed by atoms with E-state index in [1.54, 1.807) is 0 Å². The highest BCUT2D eigenvalue weighted by Crippen LogP contribution is 2.49. The first-order valence-corrected chi connectivity index (χ1v) is 5.37. The molecule has 1 aromatic carbocycles. The maximum absolute atomic E-state index is 5.88. The van der Waals surface area contributed by atoms with Crippen LogP contribution in [0.5, 0.6) is 0 Å². The molecule has 1 nitrogen and oxygen atoms in total. The number of aryl methyl sites for hydroxylation is 3. The van der Waals surface area contributed by atoms with Crippen LogP contribution >= 0.6 is 0 Å². The van der Waals surface area contributed by atoms with Gasteiger partial charge in [0.25, 0.3) is 0 Å². The van der Waals surface area contributed by atoms with E-state index >= 15 is 0 Å². The second kappa shape index (κ2) is 3.09. The highest BCUT2D eigenvalue weighted by atomic mass is 14.7. The summed E-state index contributed by atoms with van der Waals surface area (Å²) in [6.07, 6.45) is 2.54. The lowest BCUT2D eigenvalue weighted by molar-refractivity contribution is 0.693. The maximum Gasteiger partial charge on any atom is 0.00814 e. The minimum atomic E-state index is 0.335. The van der Waals surface area contributed by atoms with Crippen molar-refractivity contribution >= 4 is 0 Å². The van der Waals surface area contributed by atoms with Gasteiger partial charge in [0.05, 0.1) is 0 Å². The maximum atomic E-state index is 5.88. The Bertz CT molecular complexity index is 338. The smallest absolute Gasteiger partial charge is 0.00814 e. The number of rotatable bonds is 2. The lowest BCUT2D eigenvalue weighted by atomic mass is 9.87. The van der Waals surface area contributed by atoms with Gasteiger partial charge in [-0.25, -0.2) is 0 Å². The highest BCUT2D eigenvalue weighted by molar-refractivity contribution is 5.46. The molecular weight excluding hydrogens is 170 g/mol. The highest BCUT2D eigenvalue weighted by Gasteiger charge is 2.44. The quantitative estimate of drug-likeness (QED) is 0.760. The Morgan fingerprint density at radius 3 is 2.00 bits per heavy atom. The third-order valence-corrected chi connectivity index (χ3v) is 3.45. The molecule has 0 heterocycles. The van der Waals surface area contributed by atoms with Gasteiger partial charge in [-0.15, -0.1) is 0 Å². The minimum absolute atomic E-state index is 0.335. The first-order valence-electron chi connectivity index (χ1n) is 5.37. The fourth-order valence-electron chi connectivity index (χ4n) is 2.72. The molecule has 0 spiro atoms. The molecule has 0 amide bonds. The Morgan fingerprint density at radius 1 is 1.14 bits per heavy atom. The van der Waals surface area contributed by atoms with Crippen molar-refractivity contribution in [3.8, 4) is 0 Å². The third kappa shape index (κ3) is 1.36. The first-order chi connectivity index (χ1) is 6.59. The minimum Gasteiger partial charge on any atom is -0.330 e. The van der Waals surface area contributed by atoms with Gasteiger partial charge in [0.1, 0.15) is 0 Å². The summed E-state index contributed by atoms with van der Waals surface area (Å²) in [4.78, 5) is 0. The molecule has 0 bridgehead atoms. The van der Waals surface area contributed by atoms with Crippen LogP contribution in [0.2, 0.25) is 0 Å². The van der Waals surface area contributed by atoms with Crippen LogP contribution in [-0.4, -0.2) is 6.54 Å². The monoisotopic (exact) mass is 189 g/mol. The van der Waals surface area contributed by atoms with Crippen LogP contribution in [0.3, 0.4) is 0 Å².